The maximum absolute atomic E-state index is 13.0. The summed E-state index contributed by atoms with van der Waals surface area (Å²) in [6.45, 7) is 0.432. The molecule has 198 valence electrons. The molecule has 1 saturated heterocycles. The Morgan fingerprint density at radius 1 is 1.05 bits per heavy atom. The molecule has 0 radical (unpaired) electrons. The van der Waals surface area contributed by atoms with Crippen LogP contribution in [0.4, 0.5) is 5.69 Å². The summed E-state index contributed by atoms with van der Waals surface area (Å²) in [7, 11) is 0. The van der Waals surface area contributed by atoms with Crippen molar-refractivity contribution in [2.45, 2.75) is 31.5 Å². The number of benzene rings is 2. The topological polar surface area (TPSA) is 112 Å². The number of halogens is 2. The molecule has 2 heterocycles. The van der Waals surface area contributed by atoms with Gasteiger partial charge in [-0.1, -0.05) is 47.5 Å². The van der Waals surface area contributed by atoms with Crippen molar-refractivity contribution < 1.29 is 19.5 Å². The van der Waals surface area contributed by atoms with E-state index in [1.807, 2.05) is 12.1 Å². The van der Waals surface area contributed by atoms with Crippen LogP contribution in [0.5, 0.6) is 0 Å². The fraction of sp³-hybridized carbons (Fsp3) is 0.259. The Bertz CT molecular complexity index is 1270. The number of aromatic nitrogens is 1. The maximum atomic E-state index is 13.0. The lowest BCUT2D eigenvalue weighted by molar-refractivity contribution is -0.143. The number of aliphatic carboxylic acids is 1. The highest BCUT2D eigenvalue weighted by molar-refractivity contribution is 7.99. The normalized spacial score (nSPS) is 15.6. The van der Waals surface area contributed by atoms with Crippen molar-refractivity contribution in [3.63, 3.8) is 0 Å². The van der Waals surface area contributed by atoms with E-state index in [1.54, 1.807) is 54.9 Å². The number of thioether (sulfide) groups is 1. The number of amides is 2. The molecule has 8 nitrogen and oxygen atoms in total. The van der Waals surface area contributed by atoms with E-state index in [-0.39, 0.29) is 18.7 Å². The molecule has 3 aromatic rings. The zero-order chi connectivity index (χ0) is 27.1. The van der Waals surface area contributed by atoms with Gasteiger partial charge < -0.3 is 20.6 Å². The van der Waals surface area contributed by atoms with Crippen molar-refractivity contribution in [2.75, 3.05) is 16.9 Å². The van der Waals surface area contributed by atoms with Gasteiger partial charge in [0.05, 0.1) is 12.3 Å². The molecular formula is C27H26Cl2N4O4S. The Morgan fingerprint density at radius 2 is 1.79 bits per heavy atom. The summed E-state index contributed by atoms with van der Waals surface area (Å²) in [6.07, 6.45) is 3.47. The molecule has 2 aromatic carbocycles. The number of anilines is 1. The van der Waals surface area contributed by atoms with Crippen LogP contribution in [0.1, 0.15) is 16.7 Å². The first-order chi connectivity index (χ1) is 18.3. The lowest BCUT2D eigenvalue weighted by Crippen LogP contribution is -2.52. The van der Waals surface area contributed by atoms with Crippen molar-refractivity contribution >= 4 is 58.4 Å². The van der Waals surface area contributed by atoms with Gasteiger partial charge in [-0.3, -0.25) is 14.6 Å². The summed E-state index contributed by atoms with van der Waals surface area (Å²) in [5, 5.41) is 16.8. The van der Waals surface area contributed by atoms with Gasteiger partial charge in [0.2, 0.25) is 11.8 Å². The van der Waals surface area contributed by atoms with Crippen LogP contribution >= 0.6 is 35.0 Å². The Kier molecular flexibility index (Phi) is 9.49. The van der Waals surface area contributed by atoms with Crippen molar-refractivity contribution in [1.29, 1.82) is 0 Å². The van der Waals surface area contributed by atoms with Crippen LogP contribution in [0.15, 0.2) is 67.0 Å². The van der Waals surface area contributed by atoms with Crippen LogP contribution in [-0.4, -0.2) is 56.5 Å². The molecule has 4 rings (SSSR count). The van der Waals surface area contributed by atoms with Crippen molar-refractivity contribution in [3.8, 4) is 0 Å². The zero-order valence-corrected chi connectivity index (χ0v) is 22.6. The van der Waals surface area contributed by atoms with Crippen molar-refractivity contribution in [3.05, 3.63) is 93.7 Å². The first kappa shape index (κ1) is 27.8. The molecule has 1 aromatic heterocycles. The van der Waals surface area contributed by atoms with Gasteiger partial charge in [0, 0.05) is 52.4 Å². The predicted molar refractivity (Wildman–Crippen MR) is 149 cm³/mol. The highest BCUT2D eigenvalue weighted by Crippen LogP contribution is 2.26. The fourth-order valence-corrected chi connectivity index (χ4v) is 5.75. The van der Waals surface area contributed by atoms with E-state index in [2.05, 4.69) is 15.6 Å². The third kappa shape index (κ3) is 7.18. The number of pyridine rings is 1. The maximum Gasteiger partial charge on any atom is 0.326 e. The summed E-state index contributed by atoms with van der Waals surface area (Å²) < 4.78 is 0. The summed E-state index contributed by atoms with van der Waals surface area (Å²) in [6, 6.07) is 14.3. The first-order valence-electron chi connectivity index (χ1n) is 11.9. The average Bonchev–Trinajstić information content (AvgIpc) is 3.40. The SMILES string of the molecule is O=C(N[C@@H](Cc1ccc(NCc2c(Cl)cccc2Cl)cc1)C(=O)O)C1CSCN1C(=O)Cc1cccnc1. The van der Waals surface area contributed by atoms with Gasteiger partial charge in [-0.05, 0) is 41.5 Å². The van der Waals surface area contributed by atoms with Crippen LogP contribution in [0.25, 0.3) is 0 Å². The third-order valence-electron chi connectivity index (χ3n) is 6.12. The number of hydrogen-bond donors (Lipinski definition) is 3. The smallest absolute Gasteiger partial charge is 0.326 e. The third-order valence-corrected chi connectivity index (χ3v) is 7.84. The largest absolute Gasteiger partial charge is 0.480 e. The van der Waals surface area contributed by atoms with E-state index >= 15 is 0 Å². The predicted octanol–water partition coefficient (Wildman–Crippen LogP) is 4.26. The van der Waals surface area contributed by atoms with Crippen molar-refractivity contribution in [2.24, 2.45) is 0 Å². The van der Waals surface area contributed by atoms with Gasteiger partial charge in [0.1, 0.15) is 12.1 Å². The van der Waals surface area contributed by atoms with E-state index in [1.165, 1.54) is 16.7 Å². The molecule has 0 aliphatic carbocycles. The molecule has 1 aliphatic heterocycles. The van der Waals surface area contributed by atoms with Gasteiger partial charge in [-0.2, -0.15) is 0 Å². The van der Waals surface area contributed by atoms with Crippen LogP contribution in [0.2, 0.25) is 10.0 Å². The summed E-state index contributed by atoms with van der Waals surface area (Å²) >= 11 is 13.9. The second kappa shape index (κ2) is 13.0. The molecule has 0 spiro atoms. The van der Waals surface area contributed by atoms with E-state index in [0.717, 1.165) is 22.4 Å². The quantitative estimate of drug-likeness (QED) is 0.333. The molecular weight excluding hydrogens is 547 g/mol. The van der Waals surface area contributed by atoms with Crippen LogP contribution in [0.3, 0.4) is 0 Å². The molecule has 2 amide bonds. The van der Waals surface area contributed by atoms with Crippen LogP contribution in [0, 0.1) is 0 Å². The summed E-state index contributed by atoms with van der Waals surface area (Å²) in [5.74, 6) is -1.03. The van der Waals surface area contributed by atoms with Gasteiger partial charge in [-0.15, -0.1) is 11.8 Å². The number of rotatable bonds is 10. The highest BCUT2D eigenvalue weighted by atomic mass is 35.5. The Morgan fingerprint density at radius 3 is 2.45 bits per heavy atom. The van der Waals surface area contributed by atoms with E-state index in [9.17, 15) is 19.5 Å². The van der Waals surface area contributed by atoms with Gasteiger partial charge in [0.15, 0.2) is 0 Å². The van der Waals surface area contributed by atoms with Crippen LogP contribution in [-0.2, 0) is 33.8 Å². The van der Waals surface area contributed by atoms with E-state index < -0.39 is 24.0 Å². The Labute approximate surface area is 234 Å². The highest BCUT2D eigenvalue weighted by Gasteiger charge is 2.36. The van der Waals surface area contributed by atoms with Crippen molar-refractivity contribution in [1.82, 2.24) is 15.2 Å². The molecule has 0 saturated carbocycles. The number of carboxylic acids is 1. The molecule has 11 heteroatoms. The number of carbonyl (C=O) groups is 3. The Balaban J connectivity index is 1.34. The number of nitrogens with zero attached hydrogens (tertiary/aromatic N) is 2. The summed E-state index contributed by atoms with van der Waals surface area (Å²) in [4.78, 5) is 43.3. The average molecular weight is 574 g/mol. The fourth-order valence-electron chi connectivity index (χ4n) is 4.04. The minimum Gasteiger partial charge on any atom is -0.480 e. The minimum absolute atomic E-state index is 0.0984. The second-order valence-electron chi connectivity index (χ2n) is 8.77. The van der Waals surface area contributed by atoms with Gasteiger partial charge in [-0.25, -0.2) is 4.79 Å². The van der Waals surface area contributed by atoms with E-state index in [0.29, 0.717) is 28.2 Å². The molecule has 1 unspecified atom stereocenters. The van der Waals surface area contributed by atoms with Crippen LogP contribution < -0.4 is 10.6 Å². The number of nitrogens with one attached hydrogen (secondary N) is 2. The summed E-state index contributed by atoms with van der Waals surface area (Å²) in [5.41, 5.74) is 3.09. The monoisotopic (exact) mass is 572 g/mol. The molecule has 2 atom stereocenters. The first-order valence-corrected chi connectivity index (χ1v) is 13.8. The van der Waals surface area contributed by atoms with E-state index in [4.69, 9.17) is 23.2 Å². The number of carbonyl (C=O) groups excluding carboxylic acids is 2. The zero-order valence-electron chi connectivity index (χ0n) is 20.3. The molecule has 3 N–H and O–H groups in total. The molecule has 1 aliphatic rings. The molecule has 0 bridgehead atoms. The number of hydrogen-bond acceptors (Lipinski definition) is 6. The van der Waals surface area contributed by atoms with Gasteiger partial charge in [0.25, 0.3) is 0 Å². The number of carboxylic acid groups (broad SMARTS) is 1. The van der Waals surface area contributed by atoms with Gasteiger partial charge >= 0.3 is 5.97 Å². The lowest BCUT2D eigenvalue weighted by atomic mass is 10.0. The second-order valence-corrected chi connectivity index (χ2v) is 10.6. The Hall–Kier alpha value is -3.27. The lowest BCUT2D eigenvalue weighted by Gasteiger charge is -2.25. The molecule has 1 fully saturated rings. The molecule has 38 heavy (non-hydrogen) atoms. The standard InChI is InChI=1S/C27H26Cl2N4O4S/c28-21-4-1-5-22(29)20(21)14-31-19-8-6-17(7-9-19)11-23(27(36)37)32-26(35)24-15-38-16-33(24)25(34)12-18-3-2-10-30-13-18/h1-10,13,23-24,31H,11-12,14-16H2,(H,32,35)(H,36,37)/t23-,24?/m0/s1. The minimum atomic E-state index is -1.15.